The third-order valence-corrected chi connectivity index (χ3v) is 3.40. The van der Waals surface area contributed by atoms with Crippen LogP contribution in [0.1, 0.15) is 24.2 Å². The first-order valence-electron chi connectivity index (χ1n) is 6.94. The Morgan fingerprint density at radius 2 is 1.91 bits per heavy atom. The number of methoxy groups -OCH3 is 1. The summed E-state index contributed by atoms with van der Waals surface area (Å²) >= 11 is 0. The molecule has 6 heteroatoms. The number of nitrogens with one attached hydrogen (secondary N) is 2. The minimum atomic E-state index is -0.768. The molecule has 2 aromatic rings. The maximum Gasteiger partial charge on any atom is 0.328 e. The average Bonchev–Trinajstić information content (AvgIpc) is 2.50. The fourth-order valence-electron chi connectivity index (χ4n) is 2.24. The van der Waals surface area contributed by atoms with Crippen LogP contribution in [0, 0.1) is 5.92 Å². The average molecular weight is 302 g/mol. The number of hydrogen-bond donors (Lipinski definition) is 2. The molecule has 1 aromatic carbocycles. The van der Waals surface area contributed by atoms with E-state index in [9.17, 15) is 14.4 Å². The number of para-hydroxylation sites is 1. The number of hydrogen-bond acceptors (Lipinski definition) is 4. The van der Waals surface area contributed by atoms with Crippen molar-refractivity contribution in [3.63, 3.8) is 0 Å². The van der Waals surface area contributed by atoms with Crippen LogP contribution in [-0.4, -0.2) is 30.0 Å². The molecule has 1 heterocycles. The topological polar surface area (TPSA) is 88.3 Å². The molecule has 2 rings (SSSR count). The Kier molecular flexibility index (Phi) is 4.60. The van der Waals surface area contributed by atoms with Gasteiger partial charge in [-0.15, -0.1) is 0 Å². The second-order valence-electron chi connectivity index (χ2n) is 5.31. The lowest BCUT2D eigenvalue weighted by Crippen LogP contribution is -2.45. The highest BCUT2D eigenvalue weighted by Crippen LogP contribution is 2.15. The molecule has 0 spiro atoms. The second kappa shape index (κ2) is 6.43. The summed E-state index contributed by atoms with van der Waals surface area (Å²) in [5, 5.41) is 3.25. The highest BCUT2D eigenvalue weighted by atomic mass is 16.5. The lowest BCUT2D eigenvalue weighted by atomic mass is 10.0. The van der Waals surface area contributed by atoms with Crippen molar-refractivity contribution in [2.24, 2.45) is 5.92 Å². The minimum Gasteiger partial charge on any atom is -0.467 e. The second-order valence-corrected chi connectivity index (χ2v) is 5.31. The Morgan fingerprint density at radius 1 is 1.23 bits per heavy atom. The highest BCUT2D eigenvalue weighted by Gasteiger charge is 2.26. The molecule has 1 amide bonds. The van der Waals surface area contributed by atoms with Gasteiger partial charge in [-0.2, -0.15) is 0 Å². The van der Waals surface area contributed by atoms with Crippen molar-refractivity contribution in [1.82, 2.24) is 10.3 Å². The number of rotatable bonds is 4. The van der Waals surface area contributed by atoms with E-state index in [1.165, 1.54) is 13.2 Å². The van der Waals surface area contributed by atoms with Gasteiger partial charge < -0.3 is 15.0 Å². The standard InChI is InChI=1S/C16H18N2O4/c1-9(2)14(16(21)22-3)18-15(20)11-8-13(19)17-12-7-5-4-6-10(11)12/h4-9,14H,1-3H3,(H,17,19)(H,18,20)/t14-/m1/s1. The molecular weight excluding hydrogens is 284 g/mol. The fraction of sp³-hybridized carbons (Fsp3) is 0.312. The van der Waals surface area contributed by atoms with Crippen LogP contribution in [-0.2, 0) is 9.53 Å². The van der Waals surface area contributed by atoms with Gasteiger partial charge in [-0.05, 0) is 12.0 Å². The molecule has 22 heavy (non-hydrogen) atoms. The smallest absolute Gasteiger partial charge is 0.328 e. The molecule has 6 nitrogen and oxygen atoms in total. The van der Waals surface area contributed by atoms with Crippen LogP contribution in [0.3, 0.4) is 0 Å². The first-order chi connectivity index (χ1) is 10.4. The van der Waals surface area contributed by atoms with E-state index in [-0.39, 0.29) is 17.0 Å². The molecule has 0 unspecified atom stereocenters. The number of carbonyl (C=O) groups is 2. The van der Waals surface area contributed by atoms with Crippen molar-refractivity contribution in [3.8, 4) is 0 Å². The Balaban J connectivity index is 2.41. The first kappa shape index (κ1) is 15.8. The van der Waals surface area contributed by atoms with Gasteiger partial charge in [0.25, 0.3) is 5.91 Å². The molecule has 1 aromatic heterocycles. The zero-order chi connectivity index (χ0) is 16.3. The van der Waals surface area contributed by atoms with Gasteiger partial charge in [0, 0.05) is 17.0 Å². The van der Waals surface area contributed by atoms with Crippen molar-refractivity contribution in [2.75, 3.05) is 7.11 Å². The Hall–Kier alpha value is -2.63. The van der Waals surface area contributed by atoms with Gasteiger partial charge in [-0.25, -0.2) is 4.79 Å². The molecule has 1 atom stereocenters. The third kappa shape index (κ3) is 3.16. The van der Waals surface area contributed by atoms with Crippen molar-refractivity contribution < 1.29 is 14.3 Å². The maximum absolute atomic E-state index is 12.5. The minimum absolute atomic E-state index is 0.135. The van der Waals surface area contributed by atoms with Crippen molar-refractivity contribution in [3.05, 3.63) is 46.2 Å². The normalized spacial score (nSPS) is 12.2. The molecule has 116 valence electrons. The zero-order valence-corrected chi connectivity index (χ0v) is 12.7. The van der Waals surface area contributed by atoms with Gasteiger partial charge in [-0.1, -0.05) is 32.0 Å². The molecule has 0 aliphatic rings. The summed E-state index contributed by atoms with van der Waals surface area (Å²) in [7, 11) is 1.27. The molecule has 0 aliphatic carbocycles. The van der Waals surface area contributed by atoms with E-state index in [1.54, 1.807) is 38.1 Å². The molecule has 0 saturated heterocycles. The predicted molar refractivity (Wildman–Crippen MR) is 82.7 cm³/mol. The number of pyridine rings is 1. The Labute approximate surface area is 127 Å². The van der Waals surface area contributed by atoms with Gasteiger partial charge in [0.05, 0.1) is 12.7 Å². The van der Waals surface area contributed by atoms with Crippen LogP contribution in [0.25, 0.3) is 10.9 Å². The van der Waals surface area contributed by atoms with Crippen LogP contribution in [0.4, 0.5) is 0 Å². The summed E-state index contributed by atoms with van der Waals surface area (Å²) in [5.41, 5.74) is 0.427. The fourth-order valence-corrected chi connectivity index (χ4v) is 2.24. The van der Waals surface area contributed by atoms with E-state index in [2.05, 4.69) is 10.3 Å². The number of ether oxygens (including phenoxy) is 1. The third-order valence-electron chi connectivity index (χ3n) is 3.40. The molecule has 0 fully saturated rings. The molecule has 2 N–H and O–H groups in total. The zero-order valence-electron chi connectivity index (χ0n) is 12.7. The number of aromatic nitrogens is 1. The van der Waals surface area contributed by atoms with Crippen molar-refractivity contribution >= 4 is 22.8 Å². The predicted octanol–water partition coefficient (Wildman–Crippen LogP) is 1.46. The van der Waals surface area contributed by atoms with Crippen molar-refractivity contribution in [2.45, 2.75) is 19.9 Å². The summed E-state index contributed by atoms with van der Waals surface area (Å²) in [4.78, 5) is 38.6. The summed E-state index contributed by atoms with van der Waals surface area (Å²) in [5.74, 6) is -1.13. The summed E-state index contributed by atoms with van der Waals surface area (Å²) < 4.78 is 4.70. The lowest BCUT2D eigenvalue weighted by molar-refractivity contribution is -0.144. The van der Waals surface area contributed by atoms with E-state index >= 15 is 0 Å². The van der Waals surface area contributed by atoms with Crippen LogP contribution in [0.15, 0.2) is 35.1 Å². The SMILES string of the molecule is COC(=O)[C@H](NC(=O)c1cc(=O)[nH]c2ccccc12)C(C)C. The van der Waals surface area contributed by atoms with Gasteiger partial charge in [0.15, 0.2) is 0 Å². The maximum atomic E-state index is 12.5. The van der Waals surface area contributed by atoms with E-state index in [4.69, 9.17) is 4.74 Å². The number of aromatic amines is 1. The quantitative estimate of drug-likeness (QED) is 0.837. The van der Waals surface area contributed by atoms with E-state index in [0.717, 1.165) is 0 Å². The number of esters is 1. The largest absolute Gasteiger partial charge is 0.467 e. The van der Waals surface area contributed by atoms with Gasteiger partial charge in [-0.3, -0.25) is 9.59 Å². The number of amides is 1. The Morgan fingerprint density at radius 3 is 2.55 bits per heavy atom. The van der Waals surface area contributed by atoms with Crippen LogP contribution in [0.5, 0.6) is 0 Å². The molecule has 0 aliphatic heterocycles. The molecule has 0 saturated carbocycles. The summed E-state index contributed by atoms with van der Waals surface area (Å²) in [6.45, 7) is 3.61. The van der Waals surface area contributed by atoms with Crippen LogP contribution < -0.4 is 10.9 Å². The molecular formula is C16H18N2O4. The van der Waals surface area contributed by atoms with Crippen LogP contribution in [0.2, 0.25) is 0 Å². The van der Waals surface area contributed by atoms with Gasteiger partial charge in [0.1, 0.15) is 6.04 Å². The number of benzene rings is 1. The van der Waals surface area contributed by atoms with E-state index < -0.39 is 17.9 Å². The Bertz CT molecular complexity index is 764. The molecule has 0 bridgehead atoms. The number of carbonyl (C=O) groups excluding carboxylic acids is 2. The van der Waals surface area contributed by atoms with Gasteiger partial charge >= 0.3 is 5.97 Å². The highest BCUT2D eigenvalue weighted by molar-refractivity contribution is 6.07. The number of fused-ring (bicyclic) bond motifs is 1. The van der Waals surface area contributed by atoms with Crippen molar-refractivity contribution in [1.29, 1.82) is 0 Å². The van der Waals surface area contributed by atoms with Crippen LogP contribution >= 0.6 is 0 Å². The monoisotopic (exact) mass is 302 g/mol. The van der Waals surface area contributed by atoms with Gasteiger partial charge in [0.2, 0.25) is 5.56 Å². The van der Waals surface area contributed by atoms with E-state index in [0.29, 0.717) is 10.9 Å². The first-order valence-corrected chi connectivity index (χ1v) is 6.94. The van der Waals surface area contributed by atoms with E-state index in [1.807, 2.05) is 0 Å². The lowest BCUT2D eigenvalue weighted by Gasteiger charge is -2.20. The summed E-state index contributed by atoms with van der Waals surface area (Å²) in [6.07, 6.45) is 0. The summed E-state index contributed by atoms with van der Waals surface area (Å²) in [6, 6.07) is 7.46. The molecule has 0 radical (unpaired) electrons. The number of H-pyrrole nitrogens is 1.